The van der Waals surface area contributed by atoms with Crippen molar-refractivity contribution in [2.45, 2.75) is 31.8 Å². The van der Waals surface area contributed by atoms with Gasteiger partial charge < -0.3 is 19.9 Å². The third kappa shape index (κ3) is 6.59. The second-order valence-electron chi connectivity index (χ2n) is 10.1. The quantitative estimate of drug-likeness (QED) is 0.246. The van der Waals surface area contributed by atoms with Crippen LogP contribution in [-0.4, -0.2) is 40.4 Å². The summed E-state index contributed by atoms with van der Waals surface area (Å²) in [6.45, 7) is 1.66. The second kappa shape index (κ2) is 11.9. The maximum Gasteiger partial charge on any atom is 0.183 e. The number of piperidine rings is 1. The molecule has 0 unspecified atom stereocenters. The predicted molar refractivity (Wildman–Crippen MR) is 157 cm³/mol. The van der Waals surface area contributed by atoms with E-state index in [4.69, 9.17) is 11.6 Å². The van der Waals surface area contributed by atoms with Gasteiger partial charge >= 0.3 is 0 Å². The predicted octanol–water partition coefficient (Wildman–Crippen LogP) is 6.23. The summed E-state index contributed by atoms with van der Waals surface area (Å²) in [4.78, 5) is 27.7. The molecule has 0 spiro atoms. The second-order valence-corrected chi connectivity index (χ2v) is 10.5. The lowest BCUT2D eigenvalue weighted by atomic mass is 10.0. The minimum atomic E-state index is -0.205. The van der Waals surface area contributed by atoms with Gasteiger partial charge in [-0.3, -0.25) is 9.59 Å². The van der Waals surface area contributed by atoms with E-state index in [2.05, 4.69) is 10.2 Å². The topological polar surface area (TPSA) is 74.6 Å². The number of hydrogen-bond acceptors (Lipinski definition) is 5. The van der Waals surface area contributed by atoms with Gasteiger partial charge in [0.25, 0.3) is 0 Å². The standard InChI is InChI=1S/C32H32ClN3O3/c1-35-16-2-3-30(35)32(39)21-23-6-13-29(28(33)19-23)34-25-9-4-22(5-10-25)20-31(38)24-7-11-26(12-8-24)36-17-14-27(37)15-18-36/h2-13,16,19,27,34,37H,14-15,17-18,20-21H2,1H3. The molecule has 1 fully saturated rings. The Morgan fingerprint density at radius 3 is 2.21 bits per heavy atom. The number of rotatable bonds is 9. The highest BCUT2D eigenvalue weighted by atomic mass is 35.5. The smallest absolute Gasteiger partial charge is 0.183 e. The van der Waals surface area contributed by atoms with Crippen LogP contribution in [0.5, 0.6) is 0 Å². The van der Waals surface area contributed by atoms with Crippen LogP contribution in [0.3, 0.4) is 0 Å². The van der Waals surface area contributed by atoms with E-state index in [1.807, 2.05) is 96.7 Å². The molecule has 5 rings (SSSR count). The van der Waals surface area contributed by atoms with Crippen LogP contribution in [0.1, 0.15) is 44.8 Å². The monoisotopic (exact) mass is 541 g/mol. The van der Waals surface area contributed by atoms with Crippen molar-refractivity contribution in [1.29, 1.82) is 0 Å². The number of aliphatic hydroxyl groups is 1. The molecule has 1 saturated heterocycles. The molecule has 200 valence electrons. The first-order chi connectivity index (χ1) is 18.9. The molecule has 1 aliphatic rings. The molecule has 0 atom stereocenters. The van der Waals surface area contributed by atoms with Gasteiger partial charge in [-0.25, -0.2) is 0 Å². The molecule has 1 aromatic heterocycles. The van der Waals surface area contributed by atoms with E-state index in [1.54, 1.807) is 0 Å². The Balaban J connectivity index is 1.16. The zero-order valence-corrected chi connectivity index (χ0v) is 22.7. The SMILES string of the molecule is Cn1cccc1C(=O)Cc1ccc(Nc2ccc(CC(=O)c3ccc(N4CCC(O)CC4)cc3)cc2)c(Cl)c1. The number of Topliss-reactive ketones (excluding diaryl/α,β-unsaturated/α-hetero) is 2. The summed E-state index contributed by atoms with van der Waals surface area (Å²) in [5.74, 6) is 0.114. The van der Waals surface area contributed by atoms with Crippen LogP contribution in [-0.2, 0) is 19.9 Å². The maximum atomic E-state index is 12.9. The van der Waals surface area contributed by atoms with Gasteiger partial charge in [-0.1, -0.05) is 29.8 Å². The molecular weight excluding hydrogens is 510 g/mol. The Morgan fingerprint density at radius 2 is 1.56 bits per heavy atom. The van der Waals surface area contributed by atoms with E-state index in [0.29, 0.717) is 22.7 Å². The van der Waals surface area contributed by atoms with Crippen LogP contribution in [0, 0.1) is 0 Å². The molecule has 2 heterocycles. The number of nitrogens with zero attached hydrogens (tertiary/aromatic N) is 2. The normalized spacial score (nSPS) is 13.9. The van der Waals surface area contributed by atoms with Crippen LogP contribution in [0.4, 0.5) is 17.1 Å². The summed E-state index contributed by atoms with van der Waals surface area (Å²) >= 11 is 6.52. The van der Waals surface area contributed by atoms with E-state index in [1.165, 1.54) is 0 Å². The Kier molecular flexibility index (Phi) is 8.15. The number of carbonyl (C=O) groups excluding carboxylic acids is 2. The van der Waals surface area contributed by atoms with Crippen molar-refractivity contribution in [2.75, 3.05) is 23.3 Å². The molecule has 0 aliphatic carbocycles. The number of anilines is 3. The van der Waals surface area contributed by atoms with Gasteiger partial charge in [-0.2, -0.15) is 0 Å². The van der Waals surface area contributed by atoms with Crippen LogP contribution >= 0.6 is 11.6 Å². The highest BCUT2D eigenvalue weighted by molar-refractivity contribution is 6.33. The lowest BCUT2D eigenvalue weighted by molar-refractivity contribution is 0.0980. The van der Waals surface area contributed by atoms with Gasteiger partial charge in [0.05, 0.1) is 22.5 Å². The first-order valence-corrected chi connectivity index (χ1v) is 13.6. The molecule has 0 bridgehead atoms. The first kappa shape index (κ1) is 26.7. The van der Waals surface area contributed by atoms with E-state index < -0.39 is 0 Å². The molecule has 3 aromatic carbocycles. The Morgan fingerprint density at radius 1 is 0.897 bits per heavy atom. The van der Waals surface area contributed by atoms with Crippen LogP contribution in [0.25, 0.3) is 0 Å². The fourth-order valence-corrected chi connectivity index (χ4v) is 5.18. The van der Waals surface area contributed by atoms with Crippen molar-refractivity contribution in [1.82, 2.24) is 4.57 Å². The minimum absolute atomic E-state index is 0.0445. The van der Waals surface area contributed by atoms with E-state index in [0.717, 1.165) is 54.1 Å². The minimum Gasteiger partial charge on any atom is -0.393 e. The molecule has 39 heavy (non-hydrogen) atoms. The summed E-state index contributed by atoms with van der Waals surface area (Å²) in [5, 5.41) is 13.6. The molecule has 0 amide bonds. The molecule has 0 saturated carbocycles. The van der Waals surface area contributed by atoms with Gasteiger partial charge in [0.15, 0.2) is 11.6 Å². The van der Waals surface area contributed by atoms with Crippen molar-refractivity contribution in [2.24, 2.45) is 7.05 Å². The van der Waals surface area contributed by atoms with E-state index in [-0.39, 0.29) is 24.1 Å². The highest BCUT2D eigenvalue weighted by Gasteiger charge is 2.18. The molecular formula is C32H32ClN3O3. The third-order valence-electron chi connectivity index (χ3n) is 7.24. The van der Waals surface area contributed by atoms with E-state index in [9.17, 15) is 14.7 Å². The Bertz CT molecular complexity index is 1450. The molecule has 6 nitrogen and oxygen atoms in total. The number of ketones is 2. The Labute approximate surface area is 233 Å². The summed E-state index contributed by atoms with van der Waals surface area (Å²) in [5.41, 5.74) is 5.84. The average Bonchev–Trinajstić information content (AvgIpc) is 3.38. The van der Waals surface area contributed by atoms with Gasteiger partial charge in [-0.05, 0) is 84.6 Å². The molecule has 7 heteroatoms. The van der Waals surface area contributed by atoms with Crippen molar-refractivity contribution in [3.63, 3.8) is 0 Å². The van der Waals surface area contributed by atoms with Crippen LogP contribution in [0.2, 0.25) is 5.02 Å². The third-order valence-corrected chi connectivity index (χ3v) is 7.56. The van der Waals surface area contributed by atoms with Crippen molar-refractivity contribution < 1.29 is 14.7 Å². The zero-order valence-electron chi connectivity index (χ0n) is 21.9. The van der Waals surface area contributed by atoms with Gasteiger partial charge in [0, 0.05) is 56.1 Å². The first-order valence-electron chi connectivity index (χ1n) is 13.2. The van der Waals surface area contributed by atoms with Crippen LogP contribution in [0.15, 0.2) is 85.1 Å². The number of hydrogen-bond donors (Lipinski definition) is 2. The summed E-state index contributed by atoms with van der Waals surface area (Å²) < 4.78 is 1.82. The highest BCUT2D eigenvalue weighted by Crippen LogP contribution is 2.28. The fourth-order valence-electron chi connectivity index (χ4n) is 4.93. The summed E-state index contributed by atoms with van der Waals surface area (Å²) in [6, 6.07) is 24.8. The van der Waals surface area contributed by atoms with Crippen molar-refractivity contribution in [3.05, 3.63) is 112 Å². The van der Waals surface area contributed by atoms with Crippen LogP contribution < -0.4 is 10.2 Å². The van der Waals surface area contributed by atoms with Gasteiger partial charge in [-0.15, -0.1) is 0 Å². The molecule has 2 N–H and O–H groups in total. The molecule has 1 aliphatic heterocycles. The van der Waals surface area contributed by atoms with Gasteiger partial charge in [0.1, 0.15) is 0 Å². The lowest BCUT2D eigenvalue weighted by Crippen LogP contribution is -2.35. The molecule has 4 aromatic rings. The number of aliphatic hydroxyl groups excluding tert-OH is 1. The summed E-state index contributed by atoms with van der Waals surface area (Å²) in [7, 11) is 1.86. The van der Waals surface area contributed by atoms with Crippen molar-refractivity contribution >= 4 is 40.2 Å². The number of halogens is 1. The zero-order chi connectivity index (χ0) is 27.4. The number of aryl methyl sites for hydroxylation is 1. The van der Waals surface area contributed by atoms with Gasteiger partial charge in [0.2, 0.25) is 0 Å². The summed E-state index contributed by atoms with van der Waals surface area (Å²) in [6.07, 6.45) is 3.81. The maximum absolute atomic E-state index is 12.9. The van der Waals surface area contributed by atoms with Crippen molar-refractivity contribution in [3.8, 4) is 0 Å². The average molecular weight is 542 g/mol. The Hall–Kier alpha value is -3.87. The number of benzene rings is 3. The number of carbonyl (C=O) groups is 2. The van der Waals surface area contributed by atoms with E-state index >= 15 is 0 Å². The molecule has 0 radical (unpaired) electrons. The lowest BCUT2D eigenvalue weighted by Gasteiger charge is -2.31. The number of aromatic nitrogens is 1. The number of nitrogens with one attached hydrogen (secondary N) is 1. The fraction of sp³-hybridized carbons (Fsp3) is 0.250. The largest absolute Gasteiger partial charge is 0.393 e.